The average Bonchev–Trinajstić information content (AvgIpc) is 3.35. The molecular weight excluding hydrogens is 364 g/mol. The Labute approximate surface area is 157 Å². The van der Waals surface area contributed by atoms with Crippen LogP contribution in [0.1, 0.15) is 5.76 Å². The Kier molecular flexibility index (Phi) is 4.63. The number of carbonyl (C=O) groups is 1. The molecule has 0 fully saturated rings. The predicted molar refractivity (Wildman–Crippen MR) is 104 cm³/mol. The summed E-state index contributed by atoms with van der Waals surface area (Å²) in [6.45, 7) is -0.173. The maximum atomic E-state index is 12.7. The van der Waals surface area contributed by atoms with E-state index in [4.69, 9.17) is 4.42 Å². The molecule has 0 bridgehead atoms. The summed E-state index contributed by atoms with van der Waals surface area (Å²) in [6, 6.07) is 15.0. The minimum atomic E-state index is -0.431. The smallest absolute Gasteiger partial charge is 0.262 e. The Bertz CT molecular complexity index is 1160. The highest BCUT2D eigenvalue weighted by Crippen LogP contribution is 2.30. The number of nitrogens with one attached hydrogen (secondary N) is 1. The number of rotatable bonds is 5. The molecule has 8 heteroatoms. The van der Waals surface area contributed by atoms with E-state index in [1.807, 2.05) is 36.4 Å². The molecule has 1 aromatic carbocycles. The van der Waals surface area contributed by atoms with Gasteiger partial charge in [0.15, 0.2) is 0 Å². The molecule has 0 aliphatic heterocycles. The second kappa shape index (κ2) is 7.38. The summed E-state index contributed by atoms with van der Waals surface area (Å²) < 4.78 is 6.34. The molecule has 27 heavy (non-hydrogen) atoms. The largest absolute Gasteiger partial charge is 0.463 e. The third kappa shape index (κ3) is 3.70. The van der Waals surface area contributed by atoms with Crippen LogP contribution < -0.4 is 11.0 Å². The van der Waals surface area contributed by atoms with Crippen molar-refractivity contribution >= 4 is 33.7 Å². The van der Waals surface area contributed by atoms with E-state index in [1.165, 1.54) is 34.7 Å². The Morgan fingerprint density at radius 3 is 2.89 bits per heavy atom. The van der Waals surface area contributed by atoms with Crippen LogP contribution in [-0.4, -0.2) is 21.7 Å². The van der Waals surface area contributed by atoms with E-state index in [0.29, 0.717) is 16.0 Å². The molecule has 7 nitrogen and oxygen atoms in total. The van der Waals surface area contributed by atoms with Gasteiger partial charge in [0.1, 0.15) is 17.1 Å². The fourth-order valence-electron chi connectivity index (χ4n) is 2.54. The average molecular weight is 378 g/mol. The summed E-state index contributed by atoms with van der Waals surface area (Å²) in [5, 5.41) is 4.29. The second-order valence-electron chi connectivity index (χ2n) is 5.68. The highest BCUT2D eigenvalue weighted by Gasteiger charge is 2.12. The van der Waals surface area contributed by atoms with Gasteiger partial charge in [-0.1, -0.05) is 30.3 Å². The Morgan fingerprint density at radius 1 is 1.26 bits per heavy atom. The van der Waals surface area contributed by atoms with E-state index >= 15 is 0 Å². The van der Waals surface area contributed by atoms with Gasteiger partial charge in [-0.2, -0.15) is 5.10 Å². The van der Waals surface area contributed by atoms with E-state index in [1.54, 1.807) is 12.1 Å². The van der Waals surface area contributed by atoms with Crippen LogP contribution in [0.3, 0.4) is 0 Å². The van der Waals surface area contributed by atoms with Crippen LogP contribution in [0.5, 0.6) is 0 Å². The molecule has 0 aliphatic rings. The third-order valence-electron chi connectivity index (χ3n) is 3.81. The van der Waals surface area contributed by atoms with Gasteiger partial charge in [0, 0.05) is 4.88 Å². The van der Waals surface area contributed by atoms with Gasteiger partial charge in [-0.3, -0.25) is 14.2 Å². The first kappa shape index (κ1) is 16.9. The second-order valence-corrected chi connectivity index (χ2v) is 6.71. The summed E-state index contributed by atoms with van der Waals surface area (Å²) in [5.74, 6) is 0.0850. The lowest BCUT2D eigenvalue weighted by Gasteiger charge is -2.03. The zero-order chi connectivity index (χ0) is 18.6. The van der Waals surface area contributed by atoms with Crippen LogP contribution in [0.25, 0.3) is 20.7 Å². The monoisotopic (exact) mass is 378 g/mol. The highest BCUT2D eigenvalue weighted by atomic mass is 32.1. The zero-order valence-corrected chi connectivity index (χ0v) is 14.8. The number of benzene rings is 1. The number of hydrazone groups is 1. The number of furan rings is 1. The van der Waals surface area contributed by atoms with Gasteiger partial charge in [0.05, 0.1) is 24.2 Å². The molecule has 0 radical (unpaired) electrons. The topological polar surface area (TPSA) is 89.5 Å². The number of amides is 1. The van der Waals surface area contributed by atoms with Crippen LogP contribution in [0, 0.1) is 0 Å². The van der Waals surface area contributed by atoms with Crippen molar-refractivity contribution in [2.75, 3.05) is 0 Å². The first-order valence-electron chi connectivity index (χ1n) is 8.10. The van der Waals surface area contributed by atoms with Crippen molar-refractivity contribution in [3.8, 4) is 10.4 Å². The molecular formula is C19H14N4O3S. The Hall–Kier alpha value is -3.52. The number of nitrogens with zero attached hydrogens (tertiary/aromatic N) is 3. The van der Waals surface area contributed by atoms with Crippen LogP contribution >= 0.6 is 11.3 Å². The van der Waals surface area contributed by atoms with Crippen molar-refractivity contribution in [3.05, 3.63) is 77.2 Å². The molecule has 0 spiro atoms. The van der Waals surface area contributed by atoms with Gasteiger partial charge in [0.2, 0.25) is 0 Å². The Morgan fingerprint density at radius 2 is 2.11 bits per heavy atom. The lowest BCUT2D eigenvalue weighted by molar-refractivity contribution is -0.121. The SMILES string of the molecule is O=C(Cn1cnc2sc(-c3ccccc3)cc2c1=O)N/N=C/c1ccco1. The van der Waals surface area contributed by atoms with Crippen molar-refractivity contribution in [2.45, 2.75) is 6.54 Å². The van der Waals surface area contributed by atoms with Crippen LogP contribution in [0.2, 0.25) is 0 Å². The summed E-state index contributed by atoms with van der Waals surface area (Å²) in [4.78, 5) is 30.6. The van der Waals surface area contributed by atoms with Gasteiger partial charge >= 0.3 is 0 Å². The number of aromatic nitrogens is 2. The van der Waals surface area contributed by atoms with Crippen LogP contribution in [-0.2, 0) is 11.3 Å². The quantitative estimate of drug-likeness (QED) is 0.427. The first-order valence-corrected chi connectivity index (χ1v) is 8.92. The normalized spacial score (nSPS) is 11.3. The van der Waals surface area contributed by atoms with Crippen molar-refractivity contribution in [1.29, 1.82) is 0 Å². The molecule has 4 rings (SSSR count). The van der Waals surface area contributed by atoms with Gasteiger partial charge in [-0.25, -0.2) is 10.4 Å². The van der Waals surface area contributed by atoms with E-state index in [2.05, 4.69) is 15.5 Å². The van der Waals surface area contributed by atoms with Crippen LogP contribution in [0.15, 0.2) is 75.4 Å². The summed E-state index contributed by atoms with van der Waals surface area (Å²) in [6.07, 6.45) is 4.27. The number of carbonyl (C=O) groups excluding carboxylic acids is 1. The number of fused-ring (bicyclic) bond motifs is 1. The molecule has 0 saturated carbocycles. The lowest BCUT2D eigenvalue weighted by atomic mass is 10.2. The maximum Gasteiger partial charge on any atom is 0.262 e. The molecule has 134 valence electrons. The van der Waals surface area contributed by atoms with E-state index in [9.17, 15) is 9.59 Å². The summed E-state index contributed by atoms with van der Waals surface area (Å²) in [7, 11) is 0. The molecule has 0 saturated heterocycles. The van der Waals surface area contributed by atoms with E-state index in [0.717, 1.165) is 10.4 Å². The summed E-state index contributed by atoms with van der Waals surface area (Å²) >= 11 is 1.45. The predicted octanol–water partition coefficient (Wildman–Crippen LogP) is 2.87. The fourth-order valence-corrected chi connectivity index (χ4v) is 3.53. The van der Waals surface area contributed by atoms with Crippen molar-refractivity contribution in [3.63, 3.8) is 0 Å². The molecule has 3 aromatic heterocycles. The Balaban J connectivity index is 1.53. The van der Waals surface area contributed by atoms with Gasteiger partial charge in [-0.05, 0) is 23.8 Å². The van der Waals surface area contributed by atoms with Gasteiger partial charge < -0.3 is 4.42 Å². The zero-order valence-electron chi connectivity index (χ0n) is 14.0. The molecule has 0 unspecified atom stereocenters. The standard InChI is InChI=1S/C19H14N4O3S/c24-17(22-21-10-14-7-4-8-26-14)11-23-12-20-18-15(19(23)25)9-16(27-18)13-5-2-1-3-6-13/h1-10,12H,11H2,(H,22,24)/b21-10+. The molecule has 1 N–H and O–H groups in total. The summed E-state index contributed by atoms with van der Waals surface area (Å²) in [5.41, 5.74) is 3.13. The third-order valence-corrected chi connectivity index (χ3v) is 4.91. The number of hydrogen-bond acceptors (Lipinski definition) is 6. The van der Waals surface area contributed by atoms with Crippen molar-refractivity contribution in [1.82, 2.24) is 15.0 Å². The molecule has 3 heterocycles. The van der Waals surface area contributed by atoms with E-state index < -0.39 is 5.91 Å². The van der Waals surface area contributed by atoms with Gasteiger partial charge in [-0.15, -0.1) is 11.3 Å². The molecule has 1 amide bonds. The van der Waals surface area contributed by atoms with Crippen molar-refractivity contribution in [2.24, 2.45) is 5.10 Å². The van der Waals surface area contributed by atoms with Gasteiger partial charge in [0.25, 0.3) is 11.5 Å². The van der Waals surface area contributed by atoms with E-state index in [-0.39, 0.29) is 12.1 Å². The fraction of sp³-hybridized carbons (Fsp3) is 0.0526. The minimum absolute atomic E-state index is 0.173. The van der Waals surface area contributed by atoms with Crippen LogP contribution in [0.4, 0.5) is 0 Å². The molecule has 0 aliphatic carbocycles. The first-order chi connectivity index (χ1) is 13.2. The molecule has 4 aromatic rings. The maximum absolute atomic E-state index is 12.7. The number of thiophene rings is 1. The molecule has 0 atom stereocenters. The minimum Gasteiger partial charge on any atom is -0.463 e. The lowest BCUT2D eigenvalue weighted by Crippen LogP contribution is -2.29. The highest BCUT2D eigenvalue weighted by molar-refractivity contribution is 7.21. The number of hydrogen-bond donors (Lipinski definition) is 1. The van der Waals surface area contributed by atoms with Crippen molar-refractivity contribution < 1.29 is 9.21 Å².